The summed E-state index contributed by atoms with van der Waals surface area (Å²) in [6.07, 6.45) is 8.41. The monoisotopic (exact) mass is 407 g/mol. The van der Waals surface area contributed by atoms with E-state index in [2.05, 4.69) is 10.1 Å². The molecule has 1 N–H and O–H groups in total. The van der Waals surface area contributed by atoms with Gasteiger partial charge in [0.05, 0.1) is 7.11 Å². The lowest BCUT2D eigenvalue weighted by molar-refractivity contribution is -0.158. The minimum absolute atomic E-state index is 0.293. The van der Waals surface area contributed by atoms with Gasteiger partial charge in [-0.25, -0.2) is 4.79 Å². The van der Waals surface area contributed by atoms with E-state index >= 15 is 0 Å². The average molecular weight is 407 g/mol. The van der Waals surface area contributed by atoms with Crippen molar-refractivity contribution in [3.05, 3.63) is 0 Å². The van der Waals surface area contributed by atoms with Crippen molar-refractivity contribution in [2.75, 3.05) is 13.7 Å². The zero-order valence-corrected chi connectivity index (χ0v) is 16.9. The van der Waals surface area contributed by atoms with Crippen molar-refractivity contribution in [3.63, 3.8) is 0 Å². The summed E-state index contributed by atoms with van der Waals surface area (Å²) in [7, 11) is 1.18. The highest BCUT2D eigenvalue weighted by Crippen LogP contribution is 2.32. The first-order valence-electron chi connectivity index (χ1n) is 10.5. The van der Waals surface area contributed by atoms with Crippen molar-refractivity contribution in [1.29, 1.82) is 0 Å². The molecule has 0 radical (unpaired) electrons. The molecule has 2 saturated carbocycles. The molecule has 0 aromatic heterocycles. The van der Waals surface area contributed by atoms with E-state index in [1.165, 1.54) is 7.11 Å². The molecule has 5 amide bonds. The Morgan fingerprint density at radius 3 is 1.72 bits per heavy atom. The van der Waals surface area contributed by atoms with Crippen molar-refractivity contribution < 1.29 is 28.7 Å². The first-order chi connectivity index (χ1) is 14.0. The molecule has 0 spiro atoms. The molecule has 0 aromatic rings. The average Bonchev–Trinajstić information content (AvgIpc) is 2.73. The van der Waals surface area contributed by atoms with E-state index in [4.69, 9.17) is 0 Å². The van der Waals surface area contributed by atoms with Crippen LogP contribution in [0.1, 0.15) is 64.2 Å². The molecule has 160 valence electrons. The molecular formula is C20H29N3O6. The fraction of sp³-hybridized carbons (Fsp3) is 0.750. The van der Waals surface area contributed by atoms with Crippen LogP contribution in [0, 0.1) is 5.92 Å². The number of hydrogen-bond acceptors (Lipinski definition) is 6. The first-order valence-corrected chi connectivity index (χ1v) is 10.5. The zero-order valence-electron chi connectivity index (χ0n) is 16.9. The summed E-state index contributed by atoms with van der Waals surface area (Å²) >= 11 is 0. The topological polar surface area (TPSA) is 113 Å². The molecule has 3 aliphatic rings. The number of methoxy groups -OCH3 is 1. The predicted molar refractivity (Wildman–Crippen MR) is 101 cm³/mol. The number of nitrogens with one attached hydrogen (secondary N) is 1. The number of barbiturate groups is 1. The van der Waals surface area contributed by atoms with Crippen LogP contribution in [0.4, 0.5) is 4.79 Å². The number of carbonyl (C=O) groups is 5. The second-order valence-corrected chi connectivity index (χ2v) is 8.01. The Kier molecular flexibility index (Phi) is 6.87. The predicted octanol–water partition coefficient (Wildman–Crippen LogP) is 1.35. The summed E-state index contributed by atoms with van der Waals surface area (Å²) < 4.78 is 4.49. The maximum atomic E-state index is 13.2. The minimum Gasteiger partial charge on any atom is -0.468 e. The van der Waals surface area contributed by atoms with E-state index in [9.17, 15) is 24.0 Å². The summed E-state index contributed by atoms with van der Waals surface area (Å²) in [6, 6.07) is -1.17. The lowest BCUT2D eigenvalue weighted by Gasteiger charge is -2.44. The van der Waals surface area contributed by atoms with Crippen LogP contribution in [0.3, 0.4) is 0 Å². The zero-order chi connectivity index (χ0) is 21.0. The van der Waals surface area contributed by atoms with E-state index in [1.807, 2.05) is 0 Å². The fourth-order valence-corrected chi connectivity index (χ4v) is 4.60. The summed E-state index contributed by atoms with van der Waals surface area (Å²) in [5, 5.41) is 2.31. The second-order valence-electron chi connectivity index (χ2n) is 8.01. The quantitative estimate of drug-likeness (QED) is 0.544. The van der Waals surface area contributed by atoms with Crippen molar-refractivity contribution in [2.24, 2.45) is 5.92 Å². The van der Waals surface area contributed by atoms with Crippen LogP contribution in [0.15, 0.2) is 0 Å². The van der Waals surface area contributed by atoms with Crippen molar-refractivity contribution in [2.45, 2.75) is 76.3 Å². The summed E-state index contributed by atoms with van der Waals surface area (Å²) in [4.78, 5) is 65.8. The number of imide groups is 2. The Morgan fingerprint density at radius 1 is 0.862 bits per heavy atom. The first kappa shape index (κ1) is 21.3. The molecule has 9 heteroatoms. The Bertz CT molecular complexity index is 642. The van der Waals surface area contributed by atoms with Gasteiger partial charge in [-0.05, 0) is 25.7 Å². The molecule has 0 aromatic carbocycles. The number of amides is 5. The van der Waals surface area contributed by atoms with Gasteiger partial charge in [-0.3, -0.25) is 29.0 Å². The van der Waals surface area contributed by atoms with Crippen LogP contribution in [0.25, 0.3) is 0 Å². The van der Waals surface area contributed by atoms with Gasteiger partial charge in [-0.2, -0.15) is 0 Å². The van der Waals surface area contributed by atoms with E-state index in [0.29, 0.717) is 25.7 Å². The number of ether oxygens (including phenoxy) is 1. The Balaban J connectivity index is 1.87. The highest BCUT2D eigenvalue weighted by molar-refractivity contribution is 6.26. The molecule has 29 heavy (non-hydrogen) atoms. The fourth-order valence-electron chi connectivity index (χ4n) is 4.60. The smallest absolute Gasteiger partial charge is 0.333 e. The van der Waals surface area contributed by atoms with E-state index in [1.54, 1.807) is 0 Å². The SMILES string of the molecule is COC(=O)CNC(=O)C1C(=O)N(C2CCCCC2)C(=O)N(C2CCCCC2)C1=O. The van der Waals surface area contributed by atoms with Gasteiger partial charge in [0.25, 0.3) is 11.8 Å². The van der Waals surface area contributed by atoms with Gasteiger partial charge in [0.1, 0.15) is 6.54 Å². The van der Waals surface area contributed by atoms with Crippen molar-refractivity contribution in [1.82, 2.24) is 15.1 Å². The van der Waals surface area contributed by atoms with Crippen LogP contribution >= 0.6 is 0 Å². The van der Waals surface area contributed by atoms with Gasteiger partial charge in [-0.15, -0.1) is 0 Å². The number of rotatable bonds is 5. The van der Waals surface area contributed by atoms with Gasteiger partial charge in [0.15, 0.2) is 5.92 Å². The largest absolute Gasteiger partial charge is 0.468 e. The van der Waals surface area contributed by atoms with E-state index < -0.39 is 42.2 Å². The van der Waals surface area contributed by atoms with Gasteiger partial charge in [0, 0.05) is 12.1 Å². The number of carbonyl (C=O) groups excluding carboxylic acids is 5. The molecule has 1 saturated heterocycles. The minimum atomic E-state index is -1.64. The van der Waals surface area contributed by atoms with Crippen LogP contribution in [0.2, 0.25) is 0 Å². The summed E-state index contributed by atoms with van der Waals surface area (Å²) in [5.41, 5.74) is 0. The molecular weight excluding hydrogens is 378 g/mol. The summed E-state index contributed by atoms with van der Waals surface area (Å²) in [6.45, 7) is -0.437. The van der Waals surface area contributed by atoms with Crippen molar-refractivity contribution >= 4 is 29.7 Å². The molecule has 1 heterocycles. The van der Waals surface area contributed by atoms with Crippen LogP contribution in [-0.2, 0) is 23.9 Å². The second kappa shape index (κ2) is 9.37. The number of esters is 1. The third kappa shape index (κ3) is 4.43. The van der Waals surface area contributed by atoms with E-state index in [-0.39, 0.29) is 12.1 Å². The maximum Gasteiger partial charge on any atom is 0.333 e. The van der Waals surface area contributed by atoms with Gasteiger partial charge in [0.2, 0.25) is 5.91 Å². The van der Waals surface area contributed by atoms with Gasteiger partial charge in [-0.1, -0.05) is 38.5 Å². The Morgan fingerprint density at radius 2 is 1.31 bits per heavy atom. The highest BCUT2D eigenvalue weighted by Gasteiger charge is 2.53. The third-order valence-corrected chi connectivity index (χ3v) is 6.16. The number of hydrogen-bond donors (Lipinski definition) is 1. The third-order valence-electron chi connectivity index (χ3n) is 6.16. The standard InChI is InChI=1S/C20H29N3O6/c1-29-15(24)12-21-17(25)16-18(26)22(13-8-4-2-5-9-13)20(28)23(19(16)27)14-10-6-3-7-11-14/h13-14,16H,2-12H2,1H3,(H,21,25). The molecule has 0 bridgehead atoms. The molecule has 0 atom stereocenters. The summed E-state index contributed by atoms with van der Waals surface area (Å²) in [5.74, 6) is -4.73. The molecule has 3 rings (SSSR count). The number of urea groups is 1. The van der Waals surface area contributed by atoms with E-state index in [0.717, 1.165) is 48.3 Å². The van der Waals surface area contributed by atoms with Gasteiger partial charge >= 0.3 is 12.0 Å². The molecule has 9 nitrogen and oxygen atoms in total. The normalized spacial score (nSPS) is 22.7. The Labute approximate surface area is 170 Å². The van der Waals surface area contributed by atoms with Gasteiger partial charge < -0.3 is 10.1 Å². The molecule has 3 fully saturated rings. The lowest BCUT2D eigenvalue weighted by atomic mass is 9.89. The Hall–Kier alpha value is -2.45. The maximum absolute atomic E-state index is 13.2. The molecule has 1 aliphatic heterocycles. The van der Waals surface area contributed by atoms with Crippen molar-refractivity contribution in [3.8, 4) is 0 Å². The molecule has 2 aliphatic carbocycles. The highest BCUT2D eigenvalue weighted by atomic mass is 16.5. The van der Waals surface area contributed by atoms with Crippen LogP contribution in [0.5, 0.6) is 0 Å². The molecule has 0 unspecified atom stereocenters. The van der Waals surface area contributed by atoms with Crippen LogP contribution in [-0.4, -0.2) is 65.3 Å². The number of nitrogens with zero attached hydrogens (tertiary/aromatic N) is 2. The van der Waals surface area contributed by atoms with Crippen LogP contribution < -0.4 is 5.32 Å². The lowest BCUT2D eigenvalue weighted by Crippen LogP contribution is -2.67.